The molecule has 0 aliphatic rings. The average molecular weight is 287 g/mol. The number of nitrogens with one attached hydrogen (secondary N) is 1. The summed E-state index contributed by atoms with van der Waals surface area (Å²) in [5.74, 6) is -1.03. The summed E-state index contributed by atoms with van der Waals surface area (Å²) in [6.45, 7) is 3.83. The number of hydrogen-bond donors (Lipinski definition) is 1. The Balaban J connectivity index is 3.02. The highest BCUT2D eigenvalue weighted by Crippen LogP contribution is 2.31. The van der Waals surface area contributed by atoms with E-state index < -0.39 is 17.1 Å². The zero-order valence-corrected chi connectivity index (χ0v) is 12.2. The summed E-state index contributed by atoms with van der Waals surface area (Å²) in [5, 5.41) is 20.8. The lowest BCUT2D eigenvalue weighted by atomic mass is 9.79. The third-order valence-electron chi connectivity index (χ3n) is 3.35. The fraction of sp³-hybridized carbons (Fsp3) is 0.438. The molecule has 5 heteroatoms. The fourth-order valence-electron chi connectivity index (χ4n) is 2.31. The number of nitriles is 2. The first-order chi connectivity index (χ1) is 10.0. The first-order valence-electron chi connectivity index (χ1n) is 6.95. The minimum absolute atomic E-state index is 0.138. The van der Waals surface area contributed by atoms with Gasteiger partial charge in [0.05, 0.1) is 11.6 Å². The first kappa shape index (κ1) is 16.7. The van der Waals surface area contributed by atoms with Crippen LogP contribution in [0.2, 0.25) is 0 Å². The SMILES string of the molecule is CCCC(C#N)(CCC)C(=O)Nc1ccc(F)c(C#N)c1. The van der Waals surface area contributed by atoms with Crippen molar-refractivity contribution >= 4 is 11.6 Å². The van der Waals surface area contributed by atoms with Crippen molar-refractivity contribution in [1.29, 1.82) is 10.5 Å². The van der Waals surface area contributed by atoms with Crippen LogP contribution in [0.4, 0.5) is 10.1 Å². The van der Waals surface area contributed by atoms with Crippen molar-refractivity contribution in [3.8, 4) is 12.1 Å². The van der Waals surface area contributed by atoms with Gasteiger partial charge in [0.15, 0.2) is 0 Å². The van der Waals surface area contributed by atoms with Crippen LogP contribution in [0.25, 0.3) is 0 Å². The molecule has 21 heavy (non-hydrogen) atoms. The smallest absolute Gasteiger partial charge is 0.244 e. The number of anilines is 1. The number of nitrogens with zero attached hydrogens (tertiary/aromatic N) is 2. The molecule has 4 nitrogen and oxygen atoms in total. The molecule has 110 valence electrons. The van der Waals surface area contributed by atoms with E-state index in [1.54, 1.807) is 6.07 Å². The molecule has 1 rings (SSSR count). The van der Waals surface area contributed by atoms with Crippen molar-refractivity contribution in [2.45, 2.75) is 39.5 Å². The molecule has 0 radical (unpaired) electrons. The van der Waals surface area contributed by atoms with E-state index in [-0.39, 0.29) is 5.56 Å². The molecule has 0 saturated heterocycles. The molecule has 0 aliphatic carbocycles. The van der Waals surface area contributed by atoms with E-state index in [9.17, 15) is 14.4 Å². The van der Waals surface area contributed by atoms with Crippen LogP contribution >= 0.6 is 0 Å². The quantitative estimate of drug-likeness (QED) is 0.865. The largest absolute Gasteiger partial charge is 0.325 e. The molecule has 0 saturated carbocycles. The Morgan fingerprint density at radius 2 is 1.90 bits per heavy atom. The maximum atomic E-state index is 13.3. The van der Waals surface area contributed by atoms with Gasteiger partial charge in [-0.15, -0.1) is 0 Å². The number of hydrogen-bond acceptors (Lipinski definition) is 3. The number of carbonyl (C=O) groups is 1. The van der Waals surface area contributed by atoms with Gasteiger partial charge in [0.2, 0.25) is 5.91 Å². The molecule has 0 spiro atoms. The van der Waals surface area contributed by atoms with Crippen molar-refractivity contribution in [3.05, 3.63) is 29.6 Å². The standard InChI is InChI=1S/C16H18FN3O/c1-3-7-16(11-19,8-4-2)15(21)20-13-5-6-14(17)12(9-13)10-18/h5-6,9H,3-4,7-8H2,1-2H3,(H,20,21). The number of carbonyl (C=O) groups excluding carboxylic acids is 1. The zero-order valence-electron chi connectivity index (χ0n) is 12.2. The summed E-state index contributed by atoms with van der Waals surface area (Å²) in [6.07, 6.45) is 2.37. The lowest BCUT2D eigenvalue weighted by Crippen LogP contribution is -2.35. The van der Waals surface area contributed by atoms with Crippen LogP contribution in [0.5, 0.6) is 0 Å². The minimum atomic E-state index is -1.08. The topological polar surface area (TPSA) is 76.7 Å². The lowest BCUT2D eigenvalue weighted by Gasteiger charge is -2.24. The molecular formula is C16H18FN3O. The Bertz CT molecular complexity index is 593. The van der Waals surface area contributed by atoms with Crippen LogP contribution in [-0.2, 0) is 4.79 Å². The second-order valence-corrected chi connectivity index (χ2v) is 4.95. The van der Waals surface area contributed by atoms with E-state index in [1.807, 2.05) is 13.8 Å². The molecule has 0 bridgehead atoms. The minimum Gasteiger partial charge on any atom is -0.325 e. The van der Waals surface area contributed by atoms with Gasteiger partial charge in [-0.2, -0.15) is 10.5 Å². The van der Waals surface area contributed by atoms with Crippen LogP contribution in [0.15, 0.2) is 18.2 Å². The predicted octanol–water partition coefficient (Wildman–Crippen LogP) is 3.75. The molecule has 0 heterocycles. The number of benzene rings is 1. The zero-order chi connectivity index (χ0) is 15.9. The van der Waals surface area contributed by atoms with Crippen LogP contribution in [0.3, 0.4) is 0 Å². The second-order valence-electron chi connectivity index (χ2n) is 4.95. The highest BCUT2D eigenvalue weighted by molar-refractivity contribution is 5.97. The van der Waals surface area contributed by atoms with E-state index in [4.69, 9.17) is 5.26 Å². The maximum absolute atomic E-state index is 13.3. The molecule has 1 N–H and O–H groups in total. The van der Waals surface area contributed by atoms with Gasteiger partial charge in [0.1, 0.15) is 17.3 Å². The highest BCUT2D eigenvalue weighted by Gasteiger charge is 2.37. The number of amides is 1. The van der Waals surface area contributed by atoms with Crippen molar-refractivity contribution < 1.29 is 9.18 Å². The molecule has 1 aromatic rings. The van der Waals surface area contributed by atoms with Gasteiger partial charge >= 0.3 is 0 Å². The Morgan fingerprint density at radius 3 is 2.38 bits per heavy atom. The van der Waals surface area contributed by atoms with Gasteiger partial charge in [-0.1, -0.05) is 26.7 Å². The summed E-state index contributed by atoms with van der Waals surface area (Å²) in [5.41, 5.74) is -0.892. The summed E-state index contributed by atoms with van der Waals surface area (Å²) < 4.78 is 13.3. The van der Waals surface area contributed by atoms with Crippen molar-refractivity contribution in [2.75, 3.05) is 5.32 Å². The fourth-order valence-corrected chi connectivity index (χ4v) is 2.31. The third kappa shape index (κ3) is 3.79. The van der Waals surface area contributed by atoms with Gasteiger partial charge in [-0.25, -0.2) is 4.39 Å². The molecule has 0 aliphatic heterocycles. The van der Waals surface area contributed by atoms with Crippen molar-refractivity contribution in [2.24, 2.45) is 5.41 Å². The van der Waals surface area contributed by atoms with E-state index in [2.05, 4.69) is 11.4 Å². The lowest BCUT2D eigenvalue weighted by molar-refractivity contribution is -0.123. The Kier molecular flexibility index (Phi) is 5.87. The summed E-state index contributed by atoms with van der Waals surface area (Å²) in [4.78, 5) is 12.4. The molecule has 0 aromatic heterocycles. The number of rotatable bonds is 6. The Morgan fingerprint density at radius 1 is 1.29 bits per heavy atom. The molecule has 1 amide bonds. The second kappa shape index (κ2) is 7.40. The average Bonchev–Trinajstić information content (AvgIpc) is 2.48. The normalized spacial score (nSPS) is 10.5. The number of halogens is 1. The van der Waals surface area contributed by atoms with Gasteiger partial charge in [0, 0.05) is 5.69 Å². The molecule has 0 atom stereocenters. The third-order valence-corrected chi connectivity index (χ3v) is 3.35. The molecule has 0 fully saturated rings. The summed E-state index contributed by atoms with van der Waals surface area (Å²) in [7, 11) is 0. The predicted molar refractivity (Wildman–Crippen MR) is 77.6 cm³/mol. The first-order valence-corrected chi connectivity index (χ1v) is 6.95. The van der Waals surface area contributed by atoms with E-state index in [0.717, 1.165) is 6.07 Å². The van der Waals surface area contributed by atoms with Crippen LogP contribution in [0.1, 0.15) is 45.1 Å². The van der Waals surface area contributed by atoms with Gasteiger partial charge in [-0.05, 0) is 31.0 Å². The molecular weight excluding hydrogens is 269 g/mol. The van der Waals surface area contributed by atoms with E-state index in [0.29, 0.717) is 31.4 Å². The van der Waals surface area contributed by atoms with Crippen molar-refractivity contribution in [1.82, 2.24) is 0 Å². The van der Waals surface area contributed by atoms with Crippen LogP contribution in [-0.4, -0.2) is 5.91 Å². The summed E-state index contributed by atoms with van der Waals surface area (Å²) in [6, 6.07) is 7.63. The highest BCUT2D eigenvalue weighted by atomic mass is 19.1. The molecule has 1 aromatic carbocycles. The van der Waals surface area contributed by atoms with Crippen LogP contribution < -0.4 is 5.32 Å². The van der Waals surface area contributed by atoms with Gasteiger partial charge < -0.3 is 5.32 Å². The van der Waals surface area contributed by atoms with Crippen LogP contribution in [0, 0.1) is 33.9 Å². The van der Waals surface area contributed by atoms with Crippen molar-refractivity contribution in [3.63, 3.8) is 0 Å². The van der Waals surface area contributed by atoms with E-state index >= 15 is 0 Å². The Labute approximate surface area is 124 Å². The van der Waals surface area contributed by atoms with E-state index in [1.165, 1.54) is 12.1 Å². The Hall–Kier alpha value is -2.40. The molecule has 0 unspecified atom stereocenters. The van der Waals surface area contributed by atoms with Gasteiger partial charge in [0.25, 0.3) is 0 Å². The van der Waals surface area contributed by atoms with Gasteiger partial charge in [-0.3, -0.25) is 4.79 Å². The summed E-state index contributed by atoms with van der Waals surface area (Å²) >= 11 is 0. The monoisotopic (exact) mass is 287 g/mol. The maximum Gasteiger partial charge on any atom is 0.244 e.